The van der Waals surface area contributed by atoms with E-state index in [2.05, 4.69) is 11.8 Å². The van der Waals surface area contributed by atoms with Gasteiger partial charge in [0.2, 0.25) is 0 Å². The molecule has 6 heteroatoms. The Kier molecular flexibility index (Phi) is 6.39. The Bertz CT molecular complexity index is 1240. The molecule has 0 spiro atoms. The number of ether oxygens (including phenoxy) is 2. The molecule has 0 bridgehead atoms. The standard InChI is InChI=1S/C29H30FNO4/c1-18-11-12-31(17-18)13-14-34-23-9-5-21(6-10-23)29-28(20-3-7-22(32)8-4-20)19(2)24-15-25(30)26(33)16-27(24)35-29/h3-10,15-16,18,29,32-33H,11-14,17H2,1-2H3. The van der Waals surface area contributed by atoms with E-state index in [1.54, 1.807) is 12.1 Å². The summed E-state index contributed by atoms with van der Waals surface area (Å²) in [6.45, 7) is 8.03. The van der Waals surface area contributed by atoms with Gasteiger partial charge in [-0.1, -0.05) is 31.2 Å². The number of rotatable bonds is 6. The Labute approximate surface area is 205 Å². The number of phenols is 2. The van der Waals surface area contributed by atoms with Crippen molar-refractivity contribution < 1.29 is 24.1 Å². The van der Waals surface area contributed by atoms with Crippen molar-refractivity contribution in [3.8, 4) is 23.0 Å². The molecule has 5 nitrogen and oxygen atoms in total. The van der Waals surface area contributed by atoms with Crippen molar-refractivity contribution in [3.63, 3.8) is 0 Å². The first-order valence-corrected chi connectivity index (χ1v) is 12.0. The molecule has 0 aromatic heterocycles. The molecule has 0 amide bonds. The van der Waals surface area contributed by atoms with Crippen LogP contribution in [-0.4, -0.2) is 41.4 Å². The fourth-order valence-electron chi connectivity index (χ4n) is 4.97. The molecular formula is C29H30FNO4. The molecule has 2 unspecified atom stereocenters. The van der Waals surface area contributed by atoms with Crippen molar-refractivity contribution in [2.24, 2.45) is 5.92 Å². The maximum atomic E-state index is 14.2. The molecule has 0 aliphatic carbocycles. The number of halogens is 1. The molecule has 2 atom stereocenters. The van der Waals surface area contributed by atoms with Gasteiger partial charge in [-0.05, 0) is 72.8 Å². The molecule has 0 saturated carbocycles. The van der Waals surface area contributed by atoms with Gasteiger partial charge < -0.3 is 19.7 Å². The van der Waals surface area contributed by atoms with Gasteiger partial charge >= 0.3 is 0 Å². The number of aromatic hydroxyl groups is 2. The number of benzene rings is 3. The van der Waals surface area contributed by atoms with Gasteiger partial charge in [-0.2, -0.15) is 0 Å². The van der Waals surface area contributed by atoms with E-state index in [0.717, 1.165) is 53.6 Å². The number of phenolic OH excluding ortho intramolecular Hbond substituents is 2. The van der Waals surface area contributed by atoms with Crippen LogP contribution in [0.3, 0.4) is 0 Å². The van der Waals surface area contributed by atoms with Crippen molar-refractivity contribution in [2.45, 2.75) is 26.4 Å². The highest BCUT2D eigenvalue weighted by molar-refractivity contribution is 5.95. The van der Waals surface area contributed by atoms with Crippen LogP contribution in [0.25, 0.3) is 11.1 Å². The Hall–Kier alpha value is -3.51. The molecule has 1 saturated heterocycles. The van der Waals surface area contributed by atoms with Gasteiger partial charge in [-0.3, -0.25) is 4.90 Å². The first kappa shape index (κ1) is 23.2. The van der Waals surface area contributed by atoms with Gasteiger partial charge in [0, 0.05) is 30.3 Å². The van der Waals surface area contributed by atoms with Crippen LogP contribution in [0.2, 0.25) is 0 Å². The van der Waals surface area contributed by atoms with Crippen LogP contribution in [0.1, 0.15) is 43.1 Å². The first-order valence-electron chi connectivity index (χ1n) is 12.0. The first-order chi connectivity index (χ1) is 16.9. The lowest BCUT2D eigenvalue weighted by Gasteiger charge is -2.31. The summed E-state index contributed by atoms with van der Waals surface area (Å²) in [6, 6.07) is 17.3. The Morgan fingerprint density at radius 1 is 1.06 bits per heavy atom. The Morgan fingerprint density at radius 3 is 2.49 bits per heavy atom. The molecule has 3 aromatic carbocycles. The summed E-state index contributed by atoms with van der Waals surface area (Å²) in [6.07, 6.45) is 0.775. The largest absolute Gasteiger partial charge is 0.508 e. The summed E-state index contributed by atoms with van der Waals surface area (Å²) >= 11 is 0. The van der Waals surface area contributed by atoms with Crippen LogP contribution < -0.4 is 9.47 Å². The molecule has 2 aliphatic heterocycles. The zero-order valence-electron chi connectivity index (χ0n) is 20.0. The third-order valence-electron chi connectivity index (χ3n) is 6.91. The third kappa shape index (κ3) is 4.84. The summed E-state index contributed by atoms with van der Waals surface area (Å²) in [7, 11) is 0. The number of hydrogen-bond donors (Lipinski definition) is 2. The average molecular weight is 476 g/mol. The smallest absolute Gasteiger partial charge is 0.165 e. The van der Waals surface area contributed by atoms with Gasteiger partial charge in [0.05, 0.1) is 0 Å². The number of nitrogens with zero attached hydrogens (tertiary/aromatic N) is 1. The minimum absolute atomic E-state index is 0.168. The predicted molar refractivity (Wildman–Crippen MR) is 134 cm³/mol. The summed E-state index contributed by atoms with van der Waals surface area (Å²) in [5.74, 6) is 1.01. The minimum atomic E-state index is -0.694. The molecule has 2 N–H and O–H groups in total. The van der Waals surface area contributed by atoms with E-state index in [1.807, 2.05) is 43.3 Å². The van der Waals surface area contributed by atoms with Crippen LogP contribution in [-0.2, 0) is 0 Å². The highest BCUT2D eigenvalue weighted by Gasteiger charge is 2.30. The molecule has 182 valence electrons. The maximum Gasteiger partial charge on any atom is 0.165 e. The van der Waals surface area contributed by atoms with Gasteiger partial charge in [-0.25, -0.2) is 4.39 Å². The molecule has 5 rings (SSSR count). The van der Waals surface area contributed by atoms with E-state index in [0.29, 0.717) is 17.9 Å². The molecule has 35 heavy (non-hydrogen) atoms. The normalized spacial score (nSPS) is 20.0. The number of allylic oxidation sites excluding steroid dienone is 1. The van der Waals surface area contributed by atoms with Crippen LogP contribution in [0, 0.1) is 11.7 Å². The average Bonchev–Trinajstić information content (AvgIpc) is 3.26. The lowest BCUT2D eigenvalue weighted by Crippen LogP contribution is -2.25. The molecule has 0 radical (unpaired) electrons. The van der Waals surface area contributed by atoms with E-state index in [-0.39, 0.29) is 5.75 Å². The number of likely N-dealkylation sites (tertiary alicyclic amines) is 1. The van der Waals surface area contributed by atoms with Crippen LogP contribution in [0.15, 0.2) is 60.7 Å². The van der Waals surface area contributed by atoms with Crippen LogP contribution in [0.5, 0.6) is 23.0 Å². The van der Waals surface area contributed by atoms with Gasteiger partial charge in [0.15, 0.2) is 11.6 Å². The molecule has 1 fully saturated rings. The molecular weight excluding hydrogens is 445 g/mol. The third-order valence-corrected chi connectivity index (χ3v) is 6.91. The highest BCUT2D eigenvalue weighted by Crippen LogP contribution is 2.48. The Morgan fingerprint density at radius 2 is 1.80 bits per heavy atom. The number of fused-ring (bicyclic) bond motifs is 1. The summed E-state index contributed by atoms with van der Waals surface area (Å²) < 4.78 is 26.5. The van der Waals surface area contributed by atoms with Gasteiger partial charge in [0.25, 0.3) is 0 Å². The van der Waals surface area contributed by atoms with Gasteiger partial charge in [-0.15, -0.1) is 0 Å². The number of hydrogen-bond acceptors (Lipinski definition) is 5. The minimum Gasteiger partial charge on any atom is -0.508 e. The second-order valence-electron chi connectivity index (χ2n) is 9.50. The fourth-order valence-corrected chi connectivity index (χ4v) is 4.97. The predicted octanol–water partition coefficient (Wildman–Crippen LogP) is 6.02. The topological polar surface area (TPSA) is 62.2 Å². The van der Waals surface area contributed by atoms with Gasteiger partial charge in [0.1, 0.15) is 30.0 Å². The van der Waals surface area contributed by atoms with Crippen molar-refractivity contribution in [3.05, 3.63) is 83.2 Å². The quantitative estimate of drug-likeness (QED) is 0.456. The van der Waals surface area contributed by atoms with Crippen molar-refractivity contribution in [1.29, 1.82) is 0 Å². The molecule has 3 aromatic rings. The zero-order chi connectivity index (χ0) is 24.5. The van der Waals surface area contributed by atoms with E-state index >= 15 is 0 Å². The van der Waals surface area contributed by atoms with E-state index in [4.69, 9.17) is 9.47 Å². The summed E-state index contributed by atoms with van der Waals surface area (Å²) in [5, 5.41) is 19.7. The van der Waals surface area contributed by atoms with Crippen LogP contribution >= 0.6 is 0 Å². The van der Waals surface area contributed by atoms with Crippen molar-refractivity contribution in [2.75, 3.05) is 26.2 Å². The maximum absolute atomic E-state index is 14.2. The lowest BCUT2D eigenvalue weighted by molar-refractivity contribution is 0.233. The SMILES string of the molecule is CC1=C(c2ccc(O)cc2)C(c2ccc(OCCN3CCC(C)C3)cc2)Oc2cc(O)c(F)cc21. The monoisotopic (exact) mass is 475 g/mol. The summed E-state index contributed by atoms with van der Waals surface area (Å²) in [4.78, 5) is 2.43. The molecule has 2 aliphatic rings. The van der Waals surface area contributed by atoms with Crippen molar-refractivity contribution in [1.82, 2.24) is 4.90 Å². The van der Waals surface area contributed by atoms with Crippen LogP contribution in [0.4, 0.5) is 4.39 Å². The lowest BCUT2D eigenvalue weighted by atomic mass is 9.86. The van der Waals surface area contributed by atoms with E-state index < -0.39 is 17.7 Å². The second kappa shape index (κ2) is 9.62. The van der Waals surface area contributed by atoms with Crippen molar-refractivity contribution >= 4 is 11.1 Å². The zero-order valence-corrected chi connectivity index (χ0v) is 20.0. The summed E-state index contributed by atoms with van der Waals surface area (Å²) in [5.41, 5.74) is 4.09. The Balaban J connectivity index is 1.41. The van der Waals surface area contributed by atoms with E-state index in [9.17, 15) is 14.6 Å². The molecule has 2 heterocycles. The second-order valence-corrected chi connectivity index (χ2v) is 9.50. The fraction of sp³-hybridized carbons (Fsp3) is 0.310. The van der Waals surface area contributed by atoms with E-state index in [1.165, 1.54) is 18.6 Å². The highest BCUT2D eigenvalue weighted by atomic mass is 19.1.